The minimum atomic E-state index is -4.62. The van der Waals surface area contributed by atoms with Crippen molar-refractivity contribution < 1.29 is 35.3 Å². The number of nitrogens with zero attached hydrogens (tertiary/aromatic N) is 6. The molecular formula is C28H30F4N6O4S. The zero-order valence-electron chi connectivity index (χ0n) is 23.2. The van der Waals surface area contributed by atoms with E-state index >= 15 is 0 Å². The zero-order valence-corrected chi connectivity index (χ0v) is 24.0. The van der Waals surface area contributed by atoms with E-state index < -0.39 is 34.1 Å². The largest absolute Gasteiger partial charge is 0.416 e. The third-order valence-electron chi connectivity index (χ3n) is 8.45. The average molecular weight is 623 g/mol. The predicted octanol–water partition coefficient (Wildman–Crippen LogP) is 4.62. The predicted molar refractivity (Wildman–Crippen MR) is 149 cm³/mol. The standard InChI is InChI=1S/C28H30F4N6O4S/c1-18-5-4-8-24(29)25(18)34-11-9-21(10-12-34)36-14-20-15-38(22-16-35(17-22)43(40,41)42)33-26(20)37(27(36)39)13-19-6-2-3-7-23(19)28(30,31)32/h2-8,15,21-22H,9-14,16-17H2,1H3,(H,40,41,42). The van der Waals surface area contributed by atoms with Crippen molar-refractivity contribution in [2.45, 2.75) is 51.1 Å². The Kier molecular flexibility index (Phi) is 7.37. The van der Waals surface area contributed by atoms with Crippen LogP contribution < -0.4 is 9.80 Å². The molecule has 2 saturated heterocycles. The first-order chi connectivity index (χ1) is 20.3. The van der Waals surface area contributed by atoms with Gasteiger partial charge in [-0.1, -0.05) is 30.3 Å². The Balaban J connectivity index is 1.28. The molecule has 3 aliphatic heterocycles. The number of piperidine rings is 1. The SMILES string of the molecule is Cc1cccc(F)c1N1CCC(N2Cc3cn(C4CN(S(=O)(=O)O)C4)nc3N(Cc3ccccc3C(F)(F)F)C2=O)CC1. The van der Waals surface area contributed by atoms with E-state index in [2.05, 4.69) is 5.10 Å². The molecule has 15 heteroatoms. The second-order valence-corrected chi connectivity index (χ2v) is 12.6. The number of aromatic nitrogens is 2. The van der Waals surface area contributed by atoms with Crippen LogP contribution in [0.5, 0.6) is 0 Å². The van der Waals surface area contributed by atoms with Gasteiger partial charge >= 0.3 is 22.5 Å². The first-order valence-electron chi connectivity index (χ1n) is 13.8. The molecule has 230 valence electrons. The summed E-state index contributed by atoms with van der Waals surface area (Å²) < 4.78 is 90.7. The lowest BCUT2D eigenvalue weighted by atomic mass is 10.00. The molecule has 4 heterocycles. The lowest BCUT2D eigenvalue weighted by Gasteiger charge is -2.43. The number of amides is 2. The fourth-order valence-electron chi connectivity index (χ4n) is 6.17. The van der Waals surface area contributed by atoms with Crippen LogP contribution in [0.4, 0.5) is 33.9 Å². The summed E-state index contributed by atoms with van der Waals surface area (Å²) in [5.74, 6) is -0.106. The summed E-state index contributed by atoms with van der Waals surface area (Å²) in [5, 5.41) is 4.52. The molecule has 0 spiro atoms. The number of benzene rings is 2. The Morgan fingerprint density at radius 1 is 1.02 bits per heavy atom. The highest BCUT2D eigenvalue weighted by atomic mass is 32.2. The first kappa shape index (κ1) is 29.4. The number of para-hydroxylation sites is 1. The Morgan fingerprint density at radius 3 is 2.37 bits per heavy atom. The maximum absolute atomic E-state index is 14.6. The van der Waals surface area contributed by atoms with Crippen molar-refractivity contribution in [1.82, 2.24) is 19.0 Å². The van der Waals surface area contributed by atoms with E-state index in [1.54, 1.807) is 17.2 Å². The molecule has 1 aromatic heterocycles. The van der Waals surface area contributed by atoms with Gasteiger partial charge in [-0.3, -0.25) is 14.1 Å². The smallest absolute Gasteiger partial charge is 0.369 e. The van der Waals surface area contributed by atoms with Gasteiger partial charge in [-0.2, -0.15) is 31.0 Å². The van der Waals surface area contributed by atoms with Gasteiger partial charge in [-0.25, -0.2) is 9.18 Å². The normalized spacial score (nSPS) is 19.1. The van der Waals surface area contributed by atoms with E-state index in [0.717, 1.165) is 15.9 Å². The number of alkyl halides is 3. The van der Waals surface area contributed by atoms with Crippen LogP contribution in [-0.4, -0.2) is 70.2 Å². The van der Waals surface area contributed by atoms with Crippen molar-refractivity contribution in [3.05, 3.63) is 76.7 Å². The molecule has 1 N–H and O–H groups in total. The van der Waals surface area contributed by atoms with Gasteiger partial charge in [-0.05, 0) is 43.0 Å². The quantitative estimate of drug-likeness (QED) is 0.318. The molecule has 0 unspecified atom stereocenters. The summed E-state index contributed by atoms with van der Waals surface area (Å²) in [7, 11) is -4.36. The van der Waals surface area contributed by atoms with Crippen molar-refractivity contribution >= 4 is 27.8 Å². The van der Waals surface area contributed by atoms with Crippen LogP contribution in [0, 0.1) is 12.7 Å². The Hall–Kier alpha value is -3.69. The molecule has 0 radical (unpaired) electrons. The van der Waals surface area contributed by atoms with Gasteiger partial charge in [-0.15, -0.1) is 0 Å². The van der Waals surface area contributed by atoms with E-state index in [1.165, 1.54) is 33.8 Å². The molecule has 3 aromatic rings. The number of hydrogen-bond acceptors (Lipinski definition) is 5. The van der Waals surface area contributed by atoms with Gasteiger partial charge in [0.05, 0.1) is 30.4 Å². The highest BCUT2D eigenvalue weighted by Gasteiger charge is 2.42. The van der Waals surface area contributed by atoms with E-state index in [9.17, 15) is 35.3 Å². The minimum absolute atomic E-state index is 0.0259. The second-order valence-electron chi connectivity index (χ2n) is 11.2. The van der Waals surface area contributed by atoms with Gasteiger partial charge in [0.25, 0.3) is 0 Å². The Labute approximate surface area is 246 Å². The van der Waals surface area contributed by atoms with Crippen LogP contribution in [0.2, 0.25) is 0 Å². The molecule has 0 bridgehead atoms. The number of carbonyl (C=O) groups excluding carboxylic acids is 1. The number of hydrogen-bond donors (Lipinski definition) is 1. The monoisotopic (exact) mass is 622 g/mol. The van der Waals surface area contributed by atoms with Gasteiger partial charge in [0, 0.05) is 44.0 Å². The van der Waals surface area contributed by atoms with Crippen LogP contribution >= 0.6 is 0 Å². The first-order valence-corrected chi connectivity index (χ1v) is 15.2. The van der Waals surface area contributed by atoms with Crippen LogP contribution in [0.3, 0.4) is 0 Å². The maximum atomic E-state index is 14.6. The number of urea groups is 1. The topological polar surface area (TPSA) is 102 Å². The molecule has 0 atom stereocenters. The Bertz CT molecular complexity index is 1630. The number of anilines is 2. The average Bonchev–Trinajstić information content (AvgIpc) is 3.32. The van der Waals surface area contributed by atoms with Gasteiger partial charge < -0.3 is 9.80 Å². The van der Waals surface area contributed by atoms with E-state index in [-0.39, 0.29) is 49.4 Å². The summed E-state index contributed by atoms with van der Waals surface area (Å²) in [4.78, 5) is 18.8. The fraction of sp³-hybridized carbons (Fsp3) is 0.429. The van der Waals surface area contributed by atoms with E-state index in [0.29, 0.717) is 37.2 Å². The van der Waals surface area contributed by atoms with Crippen molar-refractivity contribution in [3.8, 4) is 0 Å². The van der Waals surface area contributed by atoms with Crippen molar-refractivity contribution in [1.29, 1.82) is 0 Å². The number of aryl methyl sites for hydroxylation is 1. The molecule has 0 aliphatic carbocycles. The number of rotatable bonds is 6. The van der Waals surface area contributed by atoms with E-state index in [4.69, 9.17) is 0 Å². The molecule has 10 nitrogen and oxygen atoms in total. The van der Waals surface area contributed by atoms with Crippen LogP contribution in [0.15, 0.2) is 48.7 Å². The highest BCUT2D eigenvalue weighted by Crippen LogP contribution is 2.38. The number of fused-ring (bicyclic) bond motifs is 1. The lowest BCUT2D eigenvalue weighted by Crippen LogP contribution is -2.54. The van der Waals surface area contributed by atoms with Crippen molar-refractivity contribution in [2.75, 3.05) is 36.0 Å². The molecule has 2 amide bonds. The molecule has 3 aliphatic rings. The maximum Gasteiger partial charge on any atom is 0.416 e. The second kappa shape index (κ2) is 10.8. The zero-order chi connectivity index (χ0) is 30.7. The van der Waals surface area contributed by atoms with Crippen LogP contribution in [0.25, 0.3) is 0 Å². The number of carbonyl (C=O) groups is 1. The summed E-state index contributed by atoms with van der Waals surface area (Å²) in [6.07, 6.45) is -1.88. The van der Waals surface area contributed by atoms with E-state index in [1.807, 2.05) is 17.9 Å². The van der Waals surface area contributed by atoms with Gasteiger partial charge in [0.2, 0.25) is 0 Å². The molecule has 2 aromatic carbocycles. The molecule has 0 saturated carbocycles. The highest BCUT2D eigenvalue weighted by molar-refractivity contribution is 7.83. The third kappa shape index (κ3) is 5.56. The third-order valence-corrected chi connectivity index (χ3v) is 9.40. The van der Waals surface area contributed by atoms with Crippen LogP contribution in [0.1, 0.15) is 41.1 Å². The summed E-state index contributed by atoms with van der Waals surface area (Å²) in [5.41, 5.74) is 1.01. The summed E-state index contributed by atoms with van der Waals surface area (Å²) >= 11 is 0. The minimum Gasteiger partial charge on any atom is -0.369 e. The molecule has 2 fully saturated rings. The Morgan fingerprint density at radius 2 is 1.72 bits per heavy atom. The fourth-order valence-corrected chi connectivity index (χ4v) is 6.89. The van der Waals surface area contributed by atoms with Crippen molar-refractivity contribution in [2.24, 2.45) is 0 Å². The lowest BCUT2D eigenvalue weighted by molar-refractivity contribution is -0.138. The summed E-state index contributed by atoms with van der Waals surface area (Å²) in [6, 6.07) is 8.84. The molecule has 43 heavy (non-hydrogen) atoms. The van der Waals surface area contributed by atoms with Gasteiger partial charge in [0.15, 0.2) is 5.82 Å². The molecular weight excluding hydrogens is 592 g/mol. The van der Waals surface area contributed by atoms with Crippen molar-refractivity contribution in [3.63, 3.8) is 0 Å². The summed E-state index contributed by atoms with van der Waals surface area (Å²) in [6.45, 7) is 2.57. The molecule has 6 rings (SSSR count). The number of halogens is 4. The van der Waals surface area contributed by atoms with Crippen LogP contribution in [-0.2, 0) is 29.6 Å². The van der Waals surface area contributed by atoms with Gasteiger partial charge in [0.1, 0.15) is 5.82 Å².